The molecule has 34 heavy (non-hydrogen) atoms. The number of nitrogens with zero attached hydrogens (tertiary/aromatic N) is 1. The summed E-state index contributed by atoms with van der Waals surface area (Å²) in [6.45, 7) is 5.30. The zero-order valence-electron chi connectivity index (χ0n) is 22.1. The lowest BCUT2D eigenvalue weighted by atomic mass is 9.77. The Morgan fingerprint density at radius 3 is 2.21 bits per heavy atom. The molecule has 0 amide bonds. The second kappa shape index (κ2) is 16.0. The molecule has 0 radical (unpaired) electrons. The molecule has 2 atom stereocenters. The van der Waals surface area contributed by atoms with E-state index in [-0.39, 0.29) is 0 Å². The third kappa shape index (κ3) is 9.80. The van der Waals surface area contributed by atoms with Crippen LogP contribution in [0.4, 0.5) is 0 Å². The van der Waals surface area contributed by atoms with Gasteiger partial charge in [0.05, 0.1) is 18.5 Å². The smallest absolute Gasteiger partial charge is 0.137 e. The maximum absolute atomic E-state index is 5.79. The lowest BCUT2D eigenvalue weighted by Crippen LogP contribution is -2.16. The molecule has 1 aromatic carbocycles. The standard InChI is InChI=1S/C32H49NO/c1-3-5-7-8-9-10-13-28-14-12-15-29(25-28)17-16-27-18-20-30(21-19-27)32-23-22-31(26-33-32)34-24-11-6-4-2/h18-23,26,28-29H,3-17,24-25H2,1-2H3. The Bertz CT molecular complexity index is 767. The molecule has 1 saturated carbocycles. The fraction of sp³-hybridized carbons (Fsp3) is 0.656. The average Bonchev–Trinajstić information content (AvgIpc) is 2.88. The van der Waals surface area contributed by atoms with Crippen molar-refractivity contribution < 1.29 is 4.74 Å². The van der Waals surface area contributed by atoms with Gasteiger partial charge in [-0.25, -0.2) is 0 Å². The molecule has 3 rings (SSSR count). The molecule has 1 aromatic heterocycles. The van der Waals surface area contributed by atoms with Gasteiger partial charge in [-0.2, -0.15) is 0 Å². The third-order valence-corrected chi connectivity index (χ3v) is 7.70. The minimum Gasteiger partial charge on any atom is -0.492 e. The molecule has 2 heteroatoms. The molecular weight excluding hydrogens is 414 g/mol. The Morgan fingerprint density at radius 1 is 0.765 bits per heavy atom. The fourth-order valence-corrected chi connectivity index (χ4v) is 5.53. The quantitative estimate of drug-likeness (QED) is 0.231. The second-order valence-corrected chi connectivity index (χ2v) is 10.6. The molecule has 2 aromatic rings. The van der Waals surface area contributed by atoms with Gasteiger partial charge >= 0.3 is 0 Å². The van der Waals surface area contributed by atoms with Crippen LogP contribution in [0.3, 0.4) is 0 Å². The molecule has 1 aliphatic rings. The van der Waals surface area contributed by atoms with Gasteiger partial charge in [-0.05, 0) is 55.2 Å². The van der Waals surface area contributed by atoms with Crippen molar-refractivity contribution in [1.82, 2.24) is 4.98 Å². The topological polar surface area (TPSA) is 22.1 Å². The largest absolute Gasteiger partial charge is 0.492 e. The van der Waals surface area contributed by atoms with Gasteiger partial charge in [-0.15, -0.1) is 0 Å². The Labute approximate surface area is 209 Å². The summed E-state index contributed by atoms with van der Waals surface area (Å²) in [6, 6.07) is 13.2. The van der Waals surface area contributed by atoms with Gasteiger partial charge in [0.25, 0.3) is 0 Å². The second-order valence-electron chi connectivity index (χ2n) is 10.6. The summed E-state index contributed by atoms with van der Waals surface area (Å²) < 4.78 is 5.79. The van der Waals surface area contributed by atoms with Gasteiger partial charge in [0.15, 0.2) is 0 Å². The van der Waals surface area contributed by atoms with E-state index in [9.17, 15) is 0 Å². The van der Waals surface area contributed by atoms with Crippen LogP contribution in [0.1, 0.15) is 116 Å². The molecule has 1 heterocycles. The summed E-state index contributed by atoms with van der Waals surface area (Å²) in [5, 5.41) is 0. The number of aryl methyl sites for hydroxylation is 1. The predicted octanol–water partition coefficient (Wildman–Crippen LogP) is 9.81. The predicted molar refractivity (Wildman–Crippen MR) is 146 cm³/mol. The number of rotatable bonds is 16. The monoisotopic (exact) mass is 463 g/mol. The van der Waals surface area contributed by atoms with Gasteiger partial charge in [0, 0.05) is 5.56 Å². The van der Waals surface area contributed by atoms with E-state index in [0.717, 1.165) is 36.3 Å². The molecule has 2 unspecified atom stereocenters. The van der Waals surface area contributed by atoms with E-state index in [0.29, 0.717) is 0 Å². The van der Waals surface area contributed by atoms with E-state index in [1.807, 2.05) is 12.3 Å². The highest BCUT2D eigenvalue weighted by molar-refractivity contribution is 5.59. The van der Waals surface area contributed by atoms with Crippen molar-refractivity contribution in [3.05, 3.63) is 48.2 Å². The van der Waals surface area contributed by atoms with Crippen molar-refractivity contribution >= 4 is 0 Å². The van der Waals surface area contributed by atoms with Crippen molar-refractivity contribution in [2.24, 2.45) is 11.8 Å². The van der Waals surface area contributed by atoms with Crippen LogP contribution in [0, 0.1) is 11.8 Å². The van der Waals surface area contributed by atoms with Gasteiger partial charge in [0.2, 0.25) is 0 Å². The molecule has 0 N–H and O–H groups in total. The van der Waals surface area contributed by atoms with Gasteiger partial charge in [0.1, 0.15) is 5.75 Å². The Balaban J connectivity index is 1.37. The molecule has 1 aliphatic carbocycles. The number of aromatic nitrogens is 1. The minimum atomic E-state index is 0.782. The lowest BCUT2D eigenvalue weighted by molar-refractivity contribution is 0.239. The third-order valence-electron chi connectivity index (χ3n) is 7.70. The first-order chi connectivity index (χ1) is 16.8. The fourth-order valence-electron chi connectivity index (χ4n) is 5.53. The average molecular weight is 464 g/mol. The molecule has 1 fully saturated rings. The minimum absolute atomic E-state index is 0.782. The number of unbranched alkanes of at least 4 members (excludes halogenated alkanes) is 7. The summed E-state index contributed by atoms with van der Waals surface area (Å²) >= 11 is 0. The molecule has 2 nitrogen and oxygen atoms in total. The maximum Gasteiger partial charge on any atom is 0.137 e. The van der Waals surface area contributed by atoms with Crippen LogP contribution < -0.4 is 4.74 Å². The highest BCUT2D eigenvalue weighted by Crippen LogP contribution is 2.35. The zero-order valence-corrected chi connectivity index (χ0v) is 22.1. The van der Waals surface area contributed by atoms with Gasteiger partial charge in [-0.1, -0.05) is 115 Å². The maximum atomic E-state index is 5.79. The summed E-state index contributed by atoms with van der Waals surface area (Å²) in [5.74, 6) is 2.81. The van der Waals surface area contributed by atoms with Crippen LogP contribution in [0.25, 0.3) is 11.3 Å². The lowest BCUT2D eigenvalue weighted by Gasteiger charge is -2.29. The molecular formula is C32H49NO. The Morgan fingerprint density at radius 2 is 1.47 bits per heavy atom. The summed E-state index contributed by atoms with van der Waals surface area (Å²) in [6.07, 6.45) is 23.9. The number of pyridine rings is 1. The van der Waals surface area contributed by atoms with Crippen LogP contribution in [0.5, 0.6) is 5.75 Å². The molecule has 0 spiro atoms. The highest BCUT2D eigenvalue weighted by atomic mass is 16.5. The van der Waals surface area contributed by atoms with Crippen molar-refractivity contribution in [3.8, 4) is 17.0 Å². The van der Waals surface area contributed by atoms with E-state index in [2.05, 4.69) is 49.2 Å². The van der Waals surface area contributed by atoms with Crippen LogP contribution in [0.15, 0.2) is 42.6 Å². The van der Waals surface area contributed by atoms with Crippen molar-refractivity contribution in [3.63, 3.8) is 0 Å². The van der Waals surface area contributed by atoms with Crippen molar-refractivity contribution in [2.75, 3.05) is 6.61 Å². The molecule has 0 aliphatic heterocycles. The van der Waals surface area contributed by atoms with Crippen molar-refractivity contribution in [1.29, 1.82) is 0 Å². The van der Waals surface area contributed by atoms with E-state index in [1.165, 1.54) is 107 Å². The number of benzene rings is 1. The van der Waals surface area contributed by atoms with E-state index < -0.39 is 0 Å². The van der Waals surface area contributed by atoms with Gasteiger partial charge < -0.3 is 4.74 Å². The normalized spacial score (nSPS) is 18.2. The number of hydrogen-bond acceptors (Lipinski definition) is 2. The van der Waals surface area contributed by atoms with Crippen LogP contribution in [0.2, 0.25) is 0 Å². The first-order valence-electron chi connectivity index (χ1n) is 14.5. The Hall–Kier alpha value is -1.83. The summed E-state index contributed by atoms with van der Waals surface area (Å²) in [7, 11) is 0. The van der Waals surface area contributed by atoms with Gasteiger partial charge in [-0.3, -0.25) is 4.98 Å². The van der Waals surface area contributed by atoms with Crippen LogP contribution in [-0.2, 0) is 6.42 Å². The van der Waals surface area contributed by atoms with Crippen LogP contribution >= 0.6 is 0 Å². The van der Waals surface area contributed by atoms with E-state index in [4.69, 9.17) is 4.74 Å². The first-order valence-corrected chi connectivity index (χ1v) is 14.5. The molecule has 188 valence electrons. The Kier molecular flexibility index (Phi) is 12.6. The van der Waals surface area contributed by atoms with E-state index in [1.54, 1.807) is 0 Å². The number of hydrogen-bond donors (Lipinski definition) is 0. The zero-order chi connectivity index (χ0) is 23.8. The molecule has 0 bridgehead atoms. The van der Waals surface area contributed by atoms with Crippen molar-refractivity contribution in [2.45, 2.75) is 117 Å². The van der Waals surface area contributed by atoms with E-state index >= 15 is 0 Å². The van der Waals surface area contributed by atoms with Crippen LogP contribution in [-0.4, -0.2) is 11.6 Å². The first kappa shape index (κ1) is 26.8. The SMILES string of the molecule is CCCCCCCCC1CCCC(CCc2ccc(-c3ccc(OCCCCC)cn3)cc2)C1. The summed E-state index contributed by atoms with van der Waals surface area (Å²) in [5.41, 5.74) is 3.69. The number of ether oxygens (including phenoxy) is 1. The molecule has 0 saturated heterocycles. The highest BCUT2D eigenvalue weighted by Gasteiger charge is 2.21. The summed E-state index contributed by atoms with van der Waals surface area (Å²) in [4.78, 5) is 4.63.